The molecule has 0 atom stereocenters. The highest BCUT2D eigenvalue weighted by Crippen LogP contribution is 2.35. The molecule has 3 heterocycles. The number of carboxylic acids is 1. The van der Waals surface area contributed by atoms with Crippen molar-refractivity contribution in [2.45, 2.75) is 19.5 Å². The van der Waals surface area contributed by atoms with Gasteiger partial charge in [0.2, 0.25) is 0 Å². The summed E-state index contributed by atoms with van der Waals surface area (Å²) in [6, 6.07) is 12.4. The van der Waals surface area contributed by atoms with Gasteiger partial charge in [0, 0.05) is 37.1 Å². The molecule has 0 saturated heterocycles. The first kappa shape index (κ1) is 15.1. The van der Waals surface area contributed by atoms with Crippen molar-refractivity contribution < 1.29 is 9.90 Å². The number of carbonyl (C=O) groups is 1. The van der Waals surface area contributed by atoms with Crippen molar-refractivity contribution in [2.75, 3.05) is 12.3 Å². The number of fused-ring (bicyclic) bond motifs is 2. The summed E-state index contributed by atoms with van der Waals surface area (Å²) in [5, 5.41) is 9.99. The minimum atomic E-state index is -0.987. The minimum absolute atomic E-state index is 0.181. The predicted octanol–water partition coefficient (Wildman–Crippen LogP) is 3.14. The average Bonchev–Trinajstić information content (AvgIpc) is 2.90. The van der Waals surface area contributed by atoms with Gasteiger partial charge in [-0.2, -0.15) is 0 Å². The number of hydrogen-bond donors (Lipinski definition) is 2. The second-order valence-corrected chi connectivity index (χ2v) is 7.04. The van der Waals surface area contributed by atoms with E-state index in [0.717, 1.165) is 58.9 Å². The molecule has 0 spiro atoms. The van der Waals surface area contributed by atoms with Crippen LogP contribution in [0, 0.1) is 0 Å². The number of pyridine rings is 1. The summed E-state index contributed by atoms with van der Waals surface area (Å²) in [5.41, 5.74) is 9.83. The molecule has 0 fully saturated rings. The monoisotopic (exact) mass is 339 g/mol. The topological polar surface area (TPSA) is 79.5 Å². The van der Waals surface area contributed by atoms with Crippen LogP contribution in [0.4, 0.5) is 5.69 Å². The van der Waals surface area contributed by atoms with Gasteiger partial charge >= 0.3 is 5.97 Å². The van der Waals surface area contributed by atoms with Gasteiger partial charge in [-0.25, -0.2) is 9.78 Å². The first-order valence-corrected chi connectivity index (χ1v) is 8.64. The predicted molar refractivity (Wildman–Crippen MR) is 95.3 cm³/mol. The molecule has 1 aromatic carbocycles. The number of thiophene rings is 1. The fourth-order valence-corrected chi connectivity index (χ4v) is 4.13. The van der Waals surface area contributed by atoms with Gasteiger partial charge in [-0.3, -0.25) is 4.90 Å². The molecule has 0 unspecified atom stereocenters. The second kappa shape index (κ2) is 5.89. The molecule has 4 rings (SSSR count). The zero-order valence-corrected chi connectivity index (χ0v) is 13.8. The molecule has 1 aliphatic rings. The third-order valence-electron chi connectivity index (χ3n) is 4.39. The highest BCUT2D eigenvalue weighted by molar-refractivity contribution is 7.21. The molecule has 0 aliphatic carbocycles. The molecular weight excluding hydrogens is 322 g/mol. The van der Waals surface area contributed by atoms with Crippen LogP contribution in [-0.2, 0) is 19.5 Å². The number of aromatic nitrogens is 1. The number of benzene rings is 1. The van der Waals surface area contributed by atoms with Gasteiger partial charge < -0.3 is 10.8 Å². The Balaban J connectivity index is 1.65. The van der Waals surface area contributed by atoms with E-state index in [0.29, 0.717) is 5.69 Å². The highest BCUT2D eigenvalue weighted by atomic mass is 32.1. The smallest absolute Gasteiger partial charge is 0.348 e. The summed E-state index contributed by atoms with van der Waals surface area (Å²) in [7, 11) is 0. The van der Waals surface area contributed by atoms with E-state index in [1.165, 1.54) is 5.56 Å². The SMILES string of the molecule is Nc1c(C(=O)O)sc2nc3c(cc12)CN(Cc1ccccc1)CC3. The largest absolute Gasteiger partial charge is 0.477 e. The Morgan fingerprint density at radius 1 is 1.33 bits per heavy atom. The molecule has 1 aliphatic heterocycles. The van der Waals surface area contributed by atoms with E-state index in [1.807, 2.05) is 12.1 Å². The lowest BCUT2D eigenvalue weighted by Crippen LogP contribution is -2.30. The van der Waals surface area contributed by atoms with Gasteiger partial charge in [-0.1, -0.05) is 30.3 Å². The summed E-state index contributed by atoms with van der Waals surface area (Å²) in [6.07, 6.45) is 0.873. The lowest BCUT2D eigenvalue weighted by atomic mass is 10.0. The Morgan fingerprint density at radius 2 is 2.12 bits per heavy atom. The van der Waals surface area contributed by atoms with Gasteiger partial charge in [0.25, 0.3) is 0 Å². The molecule has 122 valence electrons. The number of aromatic carboxylic acids is 1. The Kier molecular flexibility index (Phi) is 3.70. The second-order valence-electron chi connectivity index (χ2n) is 6.04. The number of nitrogen functional groups attached to an aromatic ring is 1. The van der Waals surface area contributed by atoms with Crippen LogP contribution in [0.25, 0.3) is 10.2 Å². The van der Waals surface area contributed by atoms with Crippen LogP contribution >= 0.6 is 11.3 Å². The molecule has 0 radical (unpaired) electrons. The quantitative estimate of drug-likeness (QED) is 0.766. The number of carboxylic acid groups (broad SMARTS) is 1. The lowest BCUT2D eigenvalue weighted by Gasteiger charge is -2.28. The van der Waals surface area contributed by atoms with E-state index in [9.17, 15) is 9.90 Å². The lowest BCUT2D eigenvalue weighted by molar-refractivity contribution is 0.0703. The maximum Gasteiger partial charge on any atom is 0.348 e. The third-order valence-corrected chi connectivity index (χ3v) is 5.49. The molecule has 0 saturated carbocycles. The molecule has 6 heteroatoms. The van der Waals surface area contributed by atoms with E-state index in [-0.39, 0.29) is 4.88 Å². The number of anilines is 1. The van der Waals surface area contributed by atoms with Crippen LogP contribution < -0.4 is 5.73 Å². The van der Waals surface area contributed by atoms with Crippen molar-refractivity contribution in [2.24, 2.45) is 0 Å². The molecule has 0 amide bonds. The Morgan fingerprint density at radius 3 is 2.88 bits per heavy atom. The summed E-state index contributed by atoms with van der Waals surface area (Å²) in [5.74, 6) is -0.987. The van der Waals surface area contributed by atoms with Crippen LogP contribution in [0.15, 0.2) is 36.4 Å². The van der Waals surface area contributed by atoms with Crippen LogP contribution in [0.2, 0.25) is 0 Å². The van der Waals surface area contributed by atoms with Gasteiger partial charge in [0.1, 0.15) is 9.71 Å². The molecule has 24 heavy (non-hydrogen) atoms. The molecular formula is C18H17N3O2S. The maximum absolute atomic E-state index is 11.3. The van der Waals surface area contributed by atoms with Crippen molar-refractivity contribution >= 4 is 33.2 Å². The van der Waals surface area contributed by atoms with Crippen molar-refractivity contribution in [3.63, 3.8) is 0 Å². The molecule has 3 N–H and O–H groups in total. The van der Waals surface area contributed by atoms with Crippen LogP contribution in [0.1, 0.15) is 26.5 Å². The van der Waals surface area contributed by atoms with E-state index >= 15 is 0 Å². The summed E-state index contributed by atoms with van der Waals surface area (Å²) >= 11 is 1.16. The van der Waals surface area contributed by atoms with Crippen LogP contribution in [0.5, 0.6) is 0 Å². The Bertz CT molecular complexity index is 921. The zero-order valence-electron chi connectivity index (χ0n) is 13.0. The van der Waals surface area contributed by atoms with Crippen LogP contribution in [0.3, 0.4) is 0 Å². The Hall–Kier alpha value is -2.44. The van der Waals surface area contributed by atoms with Crippen molar-refractivity contribution in [3.8, 4) is 0 Å². The van der Waals surface area contributed by atoms with Crippen molar-refractivity contribution in [3.05, 3.63) is 58.1 Å². The molecule has 3 aromatic rings. The van der Waals surface area contributed by atoms with Crippen LogP contribution in [-0.4, -0.2) is 27.5 Å². The van der Waals surface area contributed by atoms with E-state index < -0.39 is 5.97 Å². The van der Waals surface area contributed by atoms with E-state index in [4.69, 9.17) is 5.73 Å². The van der Waals surface area contributed by atoms with Gasteiger partial charge in [0.15, 0.2) is 0 Å². The molecule has 0 bridgehead atoms. The zero-order chi connectivity index (χ0) is 16.7. The van der Waals surface area contributed by atoms with E-state index in [1.54, 1.807) is 0 Å². The molecule has 2 aromatic heterocycles. The maximum atomic E-state index is 11.3. The first-order valence-electron chi connectivity index (χ1n) is 7.82. The fourth-order valence-electron chi connectivity index (χ4n) is 3.19. The third kappa shape index (κ3) is 2.64. The number of nitrogens with zero attached hydrogens (tertiary/aromatic N) is 2. The Labute approximate surface area is 143 Å². The van der Waals surface area contributed by atoms with Gasteiger partial charge in [-0.15, -0.1) is 11.3 Å². The summed E-state index contributed by atoms with van der Waals surface area (Å²) in [6.45, 7) is 2.66. The fraction of sp³-hybridized carbons (Fsp3) is 0.222. The van der Waals surface area contributed by atoms with Gasteiger partial charge in [-0.05, 0) is 17.2 Å². The minimum Gasteiger partial charge on any atom is -0.477 e. The number of rotatable bonds is 3. The van der Waals surface area contributed by atoms with Gasteiger partial charge in [0.05, 0.1) is 5.69 Å². The number of hydrogen-bond acceptors (Lipinski definition) is 5. The average molecular weight is 339 g/mol. The highest BCUT2D eigenvalue weighted by Gasteiger charge is 2.22. The van der Waals surface area contributed by atoms with Crippen molar-refractivity contribution in [1.29, 1.82) is 0 Å². The van der Waals surface area contributed by atoms with Crippen molar-refractivity contribution in [1.82, 2.24) is 9.88 Å². The normalized spacial score (nSPS) is 14.7. The summed E-state index contributed by atoms with van der Waals surface area (Å²) < 4.78 is 0. The standard InChI is InChI=1S/C18H17N3O2S/c19-15-13-8-12-10-21(9-11-4-2-1-3-5-11)7-6-14(12)20-17(13)24-16(15)18(22)23/h1-5,8H,6-7,9-10,19H2,(H,22,23). The first-order chi connectivity index (χ1) is 11.6. The summed E-state index contributed by atoms with van der Waals surface area (Å²) in [4.78, 5) is 19.2. The van der Waals surface area contributed by atoms with E-state index in [2.05, 4.69) is 34.1 Å². The molecule has 5 nitrogen and oxygen atoms in total. The number of nitrogens with two attached hydrogens (primary N) is 1.